The van der Waals surface area contributed by atoms with Gasteiger partial charge in [0, 0.05) is 7.11 Å². The summed E-state index contributed by atoms with van der Waals surface area (Å²) in [7, 11) is 1.52. The Hall–Kier alpha value is -1.05. The molecule has 1 atom stereocenters. The summed E-state index contributed by atoms with van der Waals surface area (Å²) in [6, 6.07) is 0. The molecule has 1 heterocycles. The summed E-state index contributed by atoms with van der Waals surface area (Å²) >= 11 is 0.828. The van der Waals surface area contributed by atoms with Crippen LogP contribution < -0.4 is 5.73 Å². The fourth-order valence-corrected chi connectivity index (χ4v) is 2.20. The molecule has 0 saturated heterocycles. The zero-order valence-electron chi connectivity index (χ0n) is 9.48. The van der Waals surface area contributed by atoms with E-state index in [9.17, 15) is 9.18 Å². The number of rotatable bonds is 7. The van der Waals surface area contributed by atoms with E-state index in [2.05, 4.69) is 4.98 Å². The van der Waals surface area contributed by atoms with Gasteiger partial charge in [0.1, 0.15) is 0 Å². The largest absolute Gasteiger partial charge is 0.394 e. The molecule has 0 aliphatic heterocycles. The van der Waals surface area contributed by atoms with Crippen LogP contribution in [-0.2, 0) is 11.2 Å². The van der Waals surface area contributed by atoms with Crippen LogP contribution in [0.25, 0.3) is 0 Å². The molecule has 17 heavy (non-hydrogen) atoms. The molecule has 0 spiro atoms. The molecule has 3 N–H and O–H groups in total. The van der Waals surface area contributed by atoms with Gasteiger partial charge in [-0.1, -0.05) is 11.3 Å². The number of hydrogen-bond donors (Lipinski definition) is 2. The number of aryl methyl sites for hydroxylation is 1. The quantitative estimate of drug-likeness (QED) is 0.758. The Bertz CT molecular complexity index is 380. The molecule has 0 saturated carbocycles. The number of aromatic nitrogens is 1. The first kappa shape index (κ1) is 14.0. The molecule has 0 aliphatic rings. The van der Waals surface area contributed by atoms with Gasteiger partial charge in [0.2, 0.25) is 5.13 Å². The van der Waals surface area contributed by atoms with Gasteiger partial charge in [0.25, 0.3) is 5.91 Å². The van der Waals surface area contributed by atoms with E-state index < -0.39 is 11.0 Å². The number of amides is 1. The summed E-state index contributed by atoms with van der Waals surface area (Å²) in [4.78, 5) is 14.6. The molecule has 1 aromatic heterocycles. The monoisotopic (exact) mass is 262 g/mol. The van der Waals surface area contributed by atoms with Crippen molar-refractivity contribution in [3.05, 3.63) is 15.8 Å². The Labute approximate surface area is 102 Å². The van der Waals surface area contributed by atoms with Gasteiger partial charge < -0.3 is 15.6 Å². The molecule has 1 rings (SSSR count). The number of ether oxygens (including phenoxy) is 1. The van der Waals surface area contributed by atoms with E-state index in [4.69, 9.17) is 15.6 Å². The van der Waals surface area contributed by atoms with Gasteiger partial charge in [0.15, 0.2) is 5.69 Å². The SMILES string of the molecule is COC(CO)CCCc1nc(C(N)=O)c(F)s1. The highest BCUT2D eigenvalue weighted by Gasteiger charge is 2.15. The van der Waals surface area contributed by atoms with Crippen molar-refractivity contribution in [1.29, 1.82) is 0 Å². The first-order chi connectivity index (χ1) is 8.08. The molecule has 0 aromatic carbocycles. The van der Waals surface area contributed by atoms with Crippen LogP contribution in [-0.4, -0.2) is 35.8 Å². The number of halogens is 1. The maximum absolute atomic E-state index is 13.2. The molecule has 1 aromatic rings. The highest BCUT2D eigenvalue weighted by molar-refractivity contribution is 7.10. The van der Waals surface area contributed by atoms with Crippen LogP contribution in [0.5, 0.6) is 0 Å². The second-order valence-corrected chi connectivity index (χ2v) is 4.56. The molecule has 5 nitrogen and oxygen atoms in total. The maximum Gasteiger partial charge on any atom is 0.271 e. The van der Waals surface area contributed by atoms with E-state index in [0.717, 1.165) is 11.3 Å². The van der Waals surface area contributed by atoms with E-state index in [0.29, 0.717) is 24.3 Å². The topological polar surface area (TPSA) is 85.4 Å². The summed E-state index contributed by atoms with van der Waals surface area (Å²) in [5.41, 5.74) is 4.66. The van der Waals surface area contributed by atoms with Crippen molar-refractivity contribution in [3.8, 4) is 0 Å². The molecule has 0 aliphatic carbocycles. The van der Waals surface area contributed by atoms with Crippen molar-refractivity contribution in [2.75, 3.05) is 13.7 Å². The molecular weight excluding hydrogens is 247 g/mol. The van der Waals surface area contributed by atoms with Gasteiger partial charge in [-0.3, -0.25) is 4.79 Å². The third-order valence-corrected chi connectivity index (χ3v) is 3.22. The molecule has 0 fully saturated rings. The summed E-state index contributed by atoms with van der Waals surface area (Å²) < 4.78 is 18.2. The predicted octanol–water partition coefficient (Wildman–Crippen LogP) is 0.711. The van der Waals surface area contributed by atoms with Crippen LogP contribution in [0, 0.1) is 5.13 Å². The minimum Gasteiger partial charge on any atom is -0.394 e. The molecule has 0 radical (unpaired) electrons. The summed E-state index contributed by atoms with van der Waals surface area (Å²) in [5, 5.41) is 8.78. The number of carbonyl (C=O) groups is 1. The number of carbonyl (C=O) groups excluding carboxylic acids is 1. The highest BCUT2D eigenvalue weighted by atomic mass is 32.1. The Morgan fingerprint density at radius 1 is 1.71 bits per heavy atom. The van der Waals surface area contributed by atoms with Crippen molar-refractivity contribution in [3.63, 3.8) is 0 Å². The van der Waals surface area contributed by atoms with Crippen LogP contribution in [0.4, 0.5) is 4.39 Å². The Morgan fingerprint density at radius 2 is 2.41 bits per heavy atom. The number of aliphatic hydroxyl groups excluding tert-OH is 1. The lowest BCUT2D eigenvalue weighted by atomic mass is 10.1. The lowest BCUT2D eigenvalue weighted by Gasteiger charge is -2.10. The third-order valence-electron chi connectivity index (χ3n) is 2.32. The van der Waals surface area contributed by atoms with E-state index >= 15 is 0 Å². The third kappa shape index (κ3) is 4.03. The number of nitrogens with two attached hydrogens (primary N) is 1. The first-order valence-corrected chi connectivity index (χ1v) is 5.98. The zero-order chi connectivity index (χ0) is 12.8. The van der Waals surface area contributed by atoms with Gasteiger partial charge in [-0.2, -0.15) is 4.39 Å². The molecule has 96 valence electrons. The normalized spacial score (nSPS) is 12.6. The van der Waals surface area contributed by atoms with Crippen molar-refractivity contribution in [2.24, 2.45) is 5.73 Å². The number of aliphatic hydroxyl groups is 1. The summed E-state index contributed by atoms with van der Waals surface area (Å²) in [5.74, 6) is -0.852. The molecule has 1 amide bonds. The Balaban J connectivity index is 2.47. The predicted molar refractivity (Wildman–Crippen MR) is 61.4 cm³/mol. The van der Waals surface area contributed by atoms with Crippen LogP contribution in [0.15, 0.2) is 0 Å². The number of primary amides is 1. The van der Waals surface area contributed by atoms with Crippen LogP contribution >= 0.6 is 11.3 Å². The number of methoxy groups -OCH3 is 1. The minimum absolute atomic E-state index is 0.0464. The lowest BCUT2D eigenvalue weighted by Crippen LogP contribution is -2.15. The van der Waals surface area contributed by atoms with Crippen molar-refractivity contribution in [1.82, 2.24) is 4.98 Å². The lowest BCUT2D eigenvalue weighted by molar-refractivity contribution is 0.0420. The molecule has 0 bridgehead atoms. The molecular formula is C10H15FN2O3S. The zero-order valence-corrected chi connectivity index (χ0v) is 10.3. The number of nitrogens with zero attached hydrogens (tertiary/aromatic N) is 1. The average Bonchev–Trinajstić information content (AvgIpc) is 2.66. The van der Waals surface area contributed by atoms with E-state index in [1.165, 1.54) is 7.11 Å². The first-order valence-electron chi connectivity index (χ1n) is 5.17. The summed E-state index contributed by atoms with van der Waals surface area (Å²) in [6.07, 6.45) is 1.68. The Kier molecular flexibility index (Phi) is 5.46. The van der Waals surface area contributed by atoms with Crippen LogP contribution in [0.1, 0.15) is 28.3 Å². The van der Waals surface area contributed by atoms with Gasteiger partial charge in [-0.15, -0.1) is 0 Å². The maximum atomic E-state index is 13.2. The van der Waals surface area contributed by atoms with Gasteiger partial charge in [-0.05, 0) is 19.3 Å². The standard InChI is InChI=1S/C10H15FN2O3S/c1-16-6(5-14)3-2-4-7-13-8(10(12)15)9(11)17-7/h6,14H,2-5H2,1H3,(H2,12,15). The van der Waals surface area contributed by atoms with E-state index in [1.807, 2.05) is 0 Å². The second-order valence-electron chi connectivity index (χ2n) is 3.53. The molecule has 1 unspecified atom stereocenters. The highest BCUT2D eigenvalue weighted by Crippen LogP contribution is 2.18. The van der Waals surface area contributed by atoms with E-state index in [-0.39, 0.29) is 18.4 Å². The number of thiazole rings is 1. The Morgan fingerprint density at radius 3 is 2.88 bits per heavy atom. The summed E-state index contributed by atoms with van der Waals surface area (Å²) in [6.45, 7) is -0.0464. The fourth-order valence-electron chi connectivity index (χ4n) is 1.37. The van der Waals surface area contributed by atoms with Crippen molar-refractivity contribution >= 4 is 17.2 Å². The van der Waals surface area contributed by atoms with Crippen molar-refractivity contribution < 1.29 is 19.0 Å². The molecule has 7 heteroatoms. The smallest absolute Gasteiger partial charge is 0.271 e. The van der Waals surface area contributed by atoms with Gasteiger partial charge in [0.05, 0.1) is 17.7 Å². The van der Waals surface area contributed by atoms with Gasteiger partial charge in [-0.25, -0.2) is 4.98 Å². The second kappa shape index (κ2) is 6.63. The van der Waals surface area contributed by atoms with Crippen LogP contribution in [0.2, 0.25) is 0 Å². The van der Waals surface area contributed by atoms with Crippen molar-refractivity contribution in [2.45, 2.75) is 25.4 Å². The average molecular weight is 262 g/mol. The fraction of sp³-hybridized carbons (Fsp3) is 0.600. The van der Waals surface area contributed by atoms with Gasteiger partial charge >= 0.3 is 0 Å². The van der Waals surface area contributed by atoms with E-state index in [1.54, 1.807) is 0 Å². The van der Waals surface area contributed by atoms with Crippen LogP contribution in [0.3, 0.4) is 0 Å². The minimum atomic E-state index is -0.852. The number of hydrogen-bond acceptors (Lipinski definition) is 5.